The summed E-state index contributed by atoms with van der Waals surface area (Å²) in [6, 6.07) is 7.35. The molecule has 18 heavy (non-hydrogen) atoms. The van der Waals surface area contributed by atoms with Gasteiger partial charge in [-0.1, -0.05) is 25.1 Å². The standard InChI is InChI=1S/C13H20O4S/c1-2-10-18(15,16)11-9-17-13-6-4-3-5-12(13)7-8-14/h3-6,14H,2,7-11H2,1H3. The Morgan fingerprint density at radius 2 is 1.94 bits per heavy atom. The lowest BCUT2D eigenvalue weighted by Gasteiger charge is -2.10. The lowest BCUT2D eigenvalue weighted by Crippen LogP contribution is -2.17. The van der Waals surface area contributed by atoms with Crippen LogP contribution in [0.25, 0.3) is 0 Å². The van der Waals surface area contributed by atoms with E-state index in [1.165, 1.54) is 0 Å². The molecule has 1 aromatic rings. The third-order valence-electron chi connectivity index (χ3n) is 2.52. The summed E-state index contributed by atoms with van der Waals surface area (Å²) in [5.74, 6) is 0.890. The Bertz CT molecular complexity index is 454. The number of para-hydroxylation sites is 1. The van der Waals surface area contributed by atoms with Crippen LogP contribution < -0.4 is 4.74 Å². The van der Waals surface area contributed by atoms with Gasteiger partial charge in [0.25, 0.3) is 0 Å². The van der Waals surface area contributed by atoms with E-state index in [0.717, 1.165) is 5.56 Å². The summed E-state index contributed by atoms with van der Waals surface area (Å²) in [7, 11) is -3.00. The molecule has 0 amide bonds. The summed E-state index contributed by atoms with van der Waals surface area (Å²) in [5, 5.41) is 8.92. The van der Waals surface area contributed by atoms with Gasteiger partial charge in [-0.15, -0.1) is 0 Å². The minimum Gasteiger partial charge on any atom is -0.492 e. The molecule has 0 bridgehead atoms. The SMILES string of the molecule is CCCS(=O)(=O)CCOc1ccccc1CCO. The van der Waals surface area contributed by atoms with Crippen LogP contribution in [0, 0.1) is 0 Å². The van der Waals surface area contributed by atoms with E-state index in [-0.39, 0.29) is 24.7 Å². The van der Waals surface area contributed by atoms with Crippen LogP contribution in [0.2, 0.25) is 0 Å². The summed E-state index contributed by atoms with van der Waals surface area (Å²) >= 11 is 0. The number of hydrogen-bond donors (Lipinski definition) is 1. The van der Waals surface area contributed by atoms with E-state index in [4.69, 9.17) is 9.84 Å². The molecule has 102 valence electrons. The molecular weight excluding hydrogens is 252 g/mol. The first kappa shape index (κ1) is 15.0. The molecule has 1 aromatic carbocycles. The van der Waals surface area contributed by atoms with Gasteiger partial charge in [0.2, 0.25) is 0 Å². The zero-order valence-electron chi connectivity index (χ0n) is 10.6. The third kappa shape index (κ3) is 5.06. The first-order valence-corrected chi connectivity index (χ1v) is 7.93. The lowest BCUT2D eigenvalue weighted by atomic mass is 10.1. The first-order chi connectivity index (χ1) is 8.59. The number of aliphatic hydroxyl groups is 1. The lowest BCUT2D eigenvalue weighted by molar-refractivity contribution is 0.292. The molecule has 4 nitrogen and oxygen atoms in total. The molecule has 5 heteroatoms. The van der Waals surface area contributed by atoms with Crippen molar-refractivity contribution in [3.63, 3.8) is 0 Å². The van der Waals surface area contributed by atoms with E-state index in [2.05, 4.69) is 0 Å². The van der Waals surface area contributed by atoms with Crippen LogP contribution in [0.1, 0.15) is 18.9 Å². The Labute approximate surface area is 109 Å². The molecule has 0 unspecified atom stereocenters. The normalized spacial score (nSPS) is 11.4. The van der Waals surface area contributed by atoms with Crippen molar-refractivity contribution in [2.75, 3.05) is 24.7 Å². The fourth-order valence-corrected chi connectivity index (χ4v) is 2.83. The summed E-state index contributed by atoms with van der Waals surface area (Å²) in [4.78, 5) is 0. The van der Waals surface area contributed by atoms with Crippen LogP contribution in [-0.2, 0) is 16.3 Å². The number of benzene rings is 1. The molecule has 1 N–H and O–H groups in total. The summed E-state index contributed by atoms with van der Waals surface area (Å²) in [6.07, 6.45) is 1.14. The Morgan fingerprint density at radius 3 is 2.61 bits per heavy atom. The maximum atomic E-state index is 11.5. The number of rotatable bonds is 8. The van der Waals surface area contributed by atoms with Gasteiger partial charge >= 0.3 is 0 Å². The average molecular weight is 272 g/mol. The van der Waals surface area contributed by atoms with Crippen molar-refractivity contribution in [2.24, 2.45) is 0 Å². The van der Waals surface area contributed by atoms with E-state index in [1.54, 1.807) is 6.07 Å². The van der Waals surface area contributed by atoms with Crippen LogP contribution in [0.5, 0.6) is 5.75 Å². The molecular formula is C13H20O4S. The second-order valence-electron chi connectivity index (χ2n) is 4.08. The van der Waals surface area contributed by atoms with Crippen molar-refractivity contribution in [3.8, 4) is 5.75 Å². The predicted molar refractivity (Wildman–Crippen MR) is 71.7 cm³/mol. The topological polar surface area (TPSA) is 63.6 Å². The molecule has 0 aliphatic carbocycles. The quantitative estimate of drug-likeness (QED) is 0.777. The third-order valence-corrected chi connectivity index (χ3v) is 4.34. The number of hydrogen-bond acceptors (Lipinski definition) is 4. The fraction of sp³-hybridized carbons (Fsp3) is 0.538. The van der Waals surface area contributed by atoms with E-state index < -0.39 is 9.84 Å². The van der Waals surface area contributed by atoms with Gasteiger partial charge in [-0.05, 0) is 24.5 Å². The van der Waals surface area contributed by atoms with Gasteiger partial charge in [0.15, 0.2) is 9.84 Å². The smallest absolute Gasteiger partial charge is 0.153 e. The highest BCUT2D eigenvalue weighted by atomic mass is 32.2. The van der Waals surface area contributed by atoms with Crippen molar-refractivity contribution >= 4 is 9.84 Å². The van der Waals surface area contributed by atoms with Gasteiger partial charge in [0.05, 0.1) is 11.5 Å². The maximum Gasteiger partial charge on any atom is 0.153 e. The molecule has 1 rings (SSSR count). The number of aliphatic hydroxyl groups excluding tert-OH is 1. The van der Waals surface area contributed by atoms with Crippen molar-refractivity contribution in [2.45, 2.75) is 19.8 Å². The minimum atomic E-state index is -3.00. The van der Waals surface area contributed by atoms with Gasteiger partial charge in [-0.2, -0.15) is 0 Å². The summed E-state index contributed by atoms with van der Waals surface area (Å²) < 4.78 is 28.5. The highest BCUT2D eigenvalue weighted by molar-refractivity contribution is 7.91. The van der Waals surface area contributed by atoms with Crippen molar-refractivity contribution < 1.29 is 18.3 Å². The van der Waals surface area contributed by atoms with E-state index in [1.807, 2.05) is 25.1 Å². The average Bonchev–Trinajstić information content (AvgIpc) is 2.31. The van der Waals surface area contributed by atoms with Gasteiger partial charge in [-0.25, -0.2) is 8.42 Å². The van der Waals surface area contributed by atoms with E-state index in [9.17, 15) is 8.42 Å². The Hall–Kier alpha value is -1.07. The highest BCUT2D eigenvalue weighted by Crippen LogP contribution is 2.18. The predicted octanol–water partition coefficient (Wildman–Crippen LogP) is 1.43. The van der Waals surface area contributed by atoms with Crippen LogP contribution >= 0.6 is 0 Å². The van der Waals surface area contributed by atoms with Crippen molar-refractivity contribution in [1.82, 2.24) is 0 Å². The highest BCUT2D eigenvalue weighted by Gasteiger charge is 2.10. The van der Waals surface area contributed by atoms with Gasteiger partial charge in [-0.3, -0.25) is 0 Å². The van der Waals surface area contributed by atoms with E-state index in [0.29, 0.717) is 18.6 Å². The maximum absolute atomic E-state index is 11.5. The number of sulfone groups is 1. The number of ether oxygens (including phenoxy) is 1. The van der Waals surface area contributed by atoms with Gasteiger partial charge in [0, 0.05) is 6.61 Å². The van der Waals surface area contributed by atoms with Crippen molar-refractivity contribution in [1.29, 1.82) is 0 Å². The van der Waals surface area contributed by atoms with Crippen LogP contribution in [0.4, 0.5) is 0 Å². The minimum absolute atomic E-state index is 0.0360. The molecule has 0 saturated carbocycles. The zero-order valence-corrected chi connectivity index (χ0v) is 11.4. The zero-order chi connectivity index (χ0) is 13.4. The molecule has 0 aliphatic heterocycles. The molecule has 0 atom stereocenters. The molecule has 0 heterocycles. The largest absolute Gasteiger partial charge is 0.492 e. The molecule has 0 fully saturated rings. The van der Waals surface area contributed by atoms with Crippen LogP contribution in [0.3, 0.4) is 0 Å². The molecule has 0 saturated heterocycles. The molecule has 0 aliphatic rings. The first-order valence-electron chi connectivity index (χ1n) is 6.11. The van der Waals surface area contributed by atoms with E-state index >= 15 is 0 Å². The Balaban J connectivity index is 2.53. The Kier molecular flexibility index (Phi) is 6.15. The molecule has 0 aromatic heterocycles. The van der Waals surface area contributed by atoms with Gasteiger partial charge < -0.3 is 9.84 Å². The summed E-state index contributed by atoms with van der Waals surface area (Å²) in [6.45, 7) is 2.05. The Morgan fingerprint density at radius 1 is 1.22 bits per heavy atom. The molecule has 0 radical (unpaired) electrons. The van der Waals surface area contributed by atoms with Crippen molar-refractivity contribution in [3.05, 3.63) is 29.8 Å². The molecule has 0 spiro atoms. The van der Waals surface area contributed by atoms with Gasteiger partial charge in [0.1, 0.15) is 12.4 Å². The monoisotopic (exact) mass is 272 g/mol. The fourth-order valence-electron chi connectivity index (χ4n) is 1.66. The second kappa shape index (κ2) is 7.38. The summed E-state index contributed by atoms with van der Waals surface area (Å²) in [5.41, 5.74) is 0.896. The second-order valence-corrected chi connectivity index (χ2v) is 6.39. The van der Waals surface area contributed by atoms with Crippen LogP contribution in [-0.4, -0.2) is 38.2 Å². The van der Waals surface area contributed by atoms with Crippen LogP contribution in [0.15, 0.2) is 24.3 Å².